The Labute approximate surface area is 128 Å². The molecule has 0 bridgehead atoms. The van der Waals surface area contributed by atoms with Crippen molar-refractivity contribution in [2.24, 2.45) is 0 Å². The standard InChI is InChI=1S/C15H13N4O2P/c1-20-14-5-4-11-12(17-14)7-13(16-11)15-9-6-8(21-22)2-3-10(9)18-19-15/h2-7,16H,22H2,1H3,(H,18,19). The molecule has 4 rings (SSSR count). The van der Waals surface area contributed by atoms with Crippen molar-refractivity contribution in [3.63, 3.8) is 0 Å². The van der Waals surface area contributed by atoms with Gasteiger partial charge in [-0.2, -0.15) is 5.10 Å². The van der Waals surface area contributed by atoms with E-state index < -0.39 is 0 Å². The van der Waals surface area contributed by atoms with Crippen LogP contribution in [0.25, 0.3) is 33.3 Å². The molecule has 3 aromatic heterocycles. The third-order valence-corrected chi connectivity index (χ3v) is 3.86. The molecule has 3 heterocycles. The number of benzene rings is 1. The summed E-state index contributed by atoms with van der Waals surface area (Å²) in [4.78, 5) is 7.75. The highest BCUT2D eigenvalue weighted by atomic mass is 31.0. The van der Waals surface area contributed by atoms with Crippen LogP contribution in [0.5, 0.6) is 11.6 Å². The van der Waals surface area contributed by atoms with Crippen molar-refractivity contribution in [1.82, 2.24) is 20.2 Å². The summed E-state index contributed by atoms with van der Waals surface area (Å²) < 4.78 is 10.4. The summed E-state index contributed by atoms with van der Waals surface area (Å²) in [5, 5.41) is 8.41. The SMILES string of the molecule is COc1ccc2[nH]c(-c3n[nH]c4ccc(OP)cc34)cc2n1. The first-order valence-corrected chi connectivity index (χ1v) is 7.14. The third kappa shape index (κ3) is 2.00. The fraction of sp³-hybridized carbons (Fsp3) is 0.0667. The molecule has 22 heavy (non-hydrogen) atoms. The molecule has 2 N–H and O–H groups in total. The summed E-state index contributed by atoms with van der Waals surface area (Å²) in [5.41, 5.74) is 4.44. The Morgan fingerprint density at radius 3 is 2.77 bits per heavy atom. The van der Waals surface area contributed by atoms with Crippen molar-refractivity contribution in [2.45, 2.75) is 0 Å². The summed E-state index contributed by atoms with van der Waals surface area (Å²) in [5.74, 6) is 1.35. The first-order valence-electron chi connectivity index (χ1n) is 6.67. The van der Waals surface area contributed by atoms with Crippen LogP contribution in [-0.2, 0) is 0 Å². The van der Waals surface area contributed by atoms with Gasteiger partial charge in [-0.15, -0.1) is 0 Å². The van der Waals surface area contributed by atoms with Crippen molar-refractivity contribution in [3.05, 3.63) is 36.4 Å². The van der Waals surface area contributed by atoms with Crippen LogP contribution in [0, 0.1) is 0 Å². The summed E-state index contributed by atoms with van der Waals surface area (Å²) in [6.07, 6.45) is 0. The Kier molecular flexibility index (Phi) is 2.98. The highest BCUT2D eigenvalue weighted by Gasteiger charge is 2.12. The summed E-state index contributed by atoms with van der Waals surface area (Å²) >= 11 is 0. The Morgan fingerprint density at radius 1 is 1.09 bits per heavy atom. The molecule has 110 valence electrons. The van der Waals surface area contributed by atoms with Gasteiger partial charge in [0, 0.05) is 11.5 Å². The molecule has 4 aromatic rings. The van der Waals surface area contributed by atoms with Crippen molar-refractivity contribution in [2.75, 3.05) is 7.11 Å². The molecule has 0 saturated carbocycles. The zero-order chi connectivity index (χ0) is 15.1. The maximum Gasteiger partial charge on any atom is 0.213 e. The molecule has 0 amide bonds. The van der Waals surface area contributed by atoms with Crippen LogP contribution in [0.2, 0.25) is 0 Å². The maximum atomic E-state index is 5.21. The van der Waals surface area contributed by atoms with Gasteiger partial charge >= 0.3 is 0 Å². The third-order valence-electron chi connectivity index (χ3n) is 3.58. The Balaban J connectivity index is 1.90. The van der Waals surface area contributed by atoms with Crippen LogP contribution in [0.1, 0.15) is 0 Å². The molecule has 7 heteroatoms. The average Bonchev–Trinajstić information content (AvgIpc) is 3.16. The molecule has 0 aliphatic heterocycles. The predicted molar refractivity (Wildman–Crippen MR) is 88.1 cm³/mol. The average molecular weight is 312 g/mol. The van der Waals surface area contributed by atoms with Crippen LogP contribution in [0.15, 0.2) is 36.4 Å². The zero-order valence-electron chi connectivity index (χ0n) is 11.8. The summed E-state index contributed by atoms with van der Waals surface area (Å²) in [7, 11) is 3.85. The second-order valence-electron chi connectivity index (χ2n) is 4.87. The van der Waals surface area contributed by atoms with Crippen LogP contribution in [0.3, 0.4) is 0 Å². The second kappa shape index (κ2) is 5.00. The highest BCUT2D eigenvalue weighted by Crippen LogP contribution is 2.31. The predicted octanol–water partition coefficient (Wildman–Crippen LogP) is 3.28. The molecule has 0 aliphatic carbocycles. The van der Waals surface area contributed by atoms with Gasteiger partial charge in [0.2, 0.25) is 5.88 Å². The quantitative estimate of drug-likeness (QED) is 0.569. The number of H-pyrrole nitrogens is 2. The van der Waals surface area contributed by atoms with Gasteiger partial charge in [0.15, 0.2) is 0 Å². The smallest absolute Gasteiger partial charge is 0.213 e. The lowest BCUT2D eigenvalue weighted by atomic mass is 10.1. The molecule has 6 nitrogen and oxygen atoms in total. The van der Waals surface area contributed by atoms with Crippen LogP contribution >= 0.6 is 9.47 Å². The number of aromatic amines is 2. The largest absolute Gasteiger partial charge is 0.481 e. The lowest BCUT2D eigenvalue weighted by Crippen LogP contribution is -1.85. The van der Waals surface area contributed by atoms with E-state index in [1.165, 1.54) is 0 Å². The molecule has 1 atom stereocenters. The van der Waals surface area contributed by atoms with Crippen molar-refractivity contribution in [1.29, 1.82) is 0 Å². The summed E-state index contributed by atoms with van der Waals surface area (Å²) in [6, 6.07) is 11.5. The van der Waals surface area contributed by atoms with Gasteiger partial charge in [-0.1, -0.05) is 0 Å². The van der Waals surface area contributed by atoms with Gasteiger partial charge in [0.05, 0.1) is 38.8 Å². The first kappa shape index (κ1) is 13.1. The van der Waals surface area contributed by atoms with Crippen molar-refractivity contribution >= 4 is 31.4 Å². The minimum Gasteiger partial charge on any atom is -0.481 e. The Bertz CT molecular complexity index is 976. The molecule has 0 saturated heterocycles. The Morgan fingerprint density at radius 2 is 1.95 bits per heavy atom. The Hall–Kier alpha value is -2.59. The van der Waals surface area contributed by atoms with Gasteiger partial charge in [-0.25, -0.2) is 4.98 Å². The van der Waals surface area contributed by atoms with Gasteiger partial charge in [-0.05, 0) is 30.3 Å². The molecular weight excluding hydrogens is 299 g/mol. The number of fused-ring (bicyclic) bond motifs is 2. The number of methoxy groups -OCH3 is 1. The van der Waals surface area contributed by atoms with E-state index in [4.69, 9.17) is 9.26 Å². The lowest BCUT2D eigenvalue weighted by molar-refractivity contribution is 0.399. The van der Waals surface area contributed by atoms with Gasteiger partial charge in [0.25, 0.3) is 0 Å². The number of hydrogen-bond acceptors (Lipinski definition) is 4. The highest BCUT2D eigenvalue weighted by molar-refractivity contribution is 7.10. The number of pyridine rings is 1. The van der Waals surface area contributed by atoms with Crippen LogP contribution in [-0.4, -0.2) is 27.3 Å². The van der Waals surface area contributed by atoms with E-state index in [1.807, 2.05) is 36.4 Å². The minimum absolute atomic E-state index is 0.587. The number of nitrogens with one attached hydrogen (secondary N) is 2. The molecule has 0 aliphatic rings. The molecular formula is C15H13N4O2P. The zero-order valence-corrected chi connectivity index (χ0v) is 12.9. The van der Waals surface area contributed by atoms with Gasteiger partial charge in [-0.3, -0.25) is 5.10 Å². The van der Waals surface area contributed by atoms with E-state index >= 15 is 0 Å². The number of nitrogens with zero attached hydrogens (tertiary/aromatic N) is 2. The maximum absolute atomic E-state index is 5.21. The number of rotatable bonds is 3. The topological polar surface area (TPSA) is 75.8 Å². The lowest BCUT2D eigenvalue weighted by Gasteiger charge is -1.99. The van der Waals surface area contributed by atoms with Crippen LogP contribution in [0.4, 0.5) is 0 Å². The van der Waals surface area contributed by atoms with E-state index in [9.17, 15) is 0 Å². The van der Waals surface area contributed by atoms with Gasteiger partial charge < -0.3 is 14.2 Å². The van der Waals surface area contributed by atoms with Gasteiger partial charge in [0.1, 0.15) is 11.4 Å². The molecule has 0 fully saturated rings. The van der Waals surface area contributed by atoms with E-state index in [0.29, 0.717) is 5.88 Å². The van der Waals surface area contributed by atoms with E-state index in [1.54, 1.807) is 7.11 Å². The van der Waals surface area contributed by atoms with Crippen molar-refractivity contribution in [3.8, 4) is 23.0 Å². The fourth-order valence-electron chi connectivity index (χ4n) is 2.50. The second-order valence-corrected chi connectivity index (χ2v) is 5.10. The monoisotopic (exact) mass is 312 g/mol. The molecule has 0 radical (unpaired) electrons. The minimum atomic E-state index is 0.587. The van der Waals surface area contributed by atoms with E-state index in [2.05, 4.69) is 29.6 Å². The fourth-order valence-corrected chi connectivity index (χ4v) is 2.65. The van der Waals surface area contributed by atoms with Crippen LogP contribution < -0.4 is 9.26 Å². The number of ether oxygens (including phenoxy) is 1. The summed E-state index contributed by atoms with van der Waals surface area (Å²) in [6.45, 7) is 0. The van der Waals surface area contributed by atoms with E-state index in [0.717, 1.165) is 39.1 Å². The van der Waals surface area contributed by atoms with E-state index in [-0.39, 0.29) is 0 Å². The normalized spacial score (nSPS) is 11.2. The number of hydrogen-bond donors (Lipinski definition) is 2. The molecule has 0 spiro atoms. The molecule has 1 unspecified atom stereocenters. The molecule has 1 aromatic carbocycles. The number of aromatic nitrogens is 4. The first-order chi connectivity index (χ1) is 10.8. The van der Waals surface area contributed by atoms with Crippen molar-refractivity contribution < 1.29 is 9.26 Å².